The van der Waals surface area contributed by atoms with Gasteiger partial charge in [-0.15, -0.1) is 0 Å². The minimum Gasteiger partial charge on any atom is -0.347 e. The Morgan fingerprint density at radius 2 is 1.43 bits per heavy atom. The molecule has 2 aromatic rings. The highest BCUT2D eigenvalue weighted by Crippen LogP contribution is 2.31. The Balaban J connectivity index is 0.000000924. The molecule has 0 saturated heterocycles. The Morgan fingerprint density at radius 1 is 0.913 bits per heavy atom. The summed E-state index contributed by atoms with van der Waals surface area (Å²) in [6.45, 7) is 11.6. The van der Waals surface area contributed by atoms with Crippen LogP contribution >= 0.6 is 0 Å². The predicted molar refractivity (Wildman–Crippen MR) is 99.9 cm³/mol. The van der Waals surface area contributed by atoms with Gasteiger partial charge in [0.25, 0.3) is 0 Å². The van der Waals surface area contributed by atoms with Gasteiger partial charge in [0.2, 0.25) is 0 Å². The number of amidine groups is 1. The summed E-state index contributed by atoms with van der Waals surface area (Å²) < 4.78 is 0. The Labute approximate surface area is 140 Å². The number of rotatable bonds is 3. The molecule has 0 spiro atoms. The lowest BCUT2D eigenvalue weighted by atomic mass is 9.97. The first-order chi connectivity index (χ1) is 11.1. The molecule has 0 N–H and O–H groups in total. The summed E-state index contributed by atoms with van der Waals surface area (Å²) in [6, 6.07) is 21.5. The van der Waals surface area contributed by atoms with E-state index in [-0.39, 0.29) is 5.54 Å². The zero-order valence-corrected chi connectivity index (χ0v) is 15.0. The van der Waals surface area contributed by atoms with Crippen LogP contribution < -0.4 is 0 Å². The molecule has 0 bridgehead atoms. The SMILES string of the molecule is CC.CC1N(Cc2ccccc2)C(c2ccccc2)=NC1(C)C. The Bertz CT molecular complexity index is 629. The van der Waals surface area contributed by atoms with Crippen LogP contribution in [0.15, 0.2) is 65.7 Å². The largest absolute Gasteiger partial charge is 0.347 e. The zero-order valence-electron chi connectivity index (χ0n) is 15.0. The summed E-state index contributed by atoms with van der Waals surface area (Å²) in [6.07, 6.45) is 0. The van der Waals surface area contributed by atoms with Crippen molar-refractivity contribution in [1.82, 2.24) is 4.90 Å². The van der Waals surface area contributed by atoms with E-state index in [2.05, 4.69) is 86.3 Å². The van der Waals surface area contributed by atoms with Crippen molar-refractivity contribution in [1.29, 1.82) is 0 Å². The van der Waals surface area contributed by atoms with Gasteiger partial charge in [0.15, 0.2) is 0 Å². The van der Waals surface area contributed by atoms with Gasteiger partial charge in [0, 0.05) is 12.1 Å². The molecule has 2 heteroatoms. The van der Waals surface area contributed by atoms with Gasteiger partial charge in [-0.3, -0.25) is 4.99 Å². The first kappa shape index (κ1) is 17.3. The first-order valence-corrected chi connectivity index (χ1v) is 8.54. The van der Waals surface area contributed by atoms with Gasteiger partial charge in [-0.05, 0) is 26.3 Å². The monoisotopic (exact) mass is 308 g/mol. The highest BCUT2D eigenvalue weighted by Gasteiger charge is 2.39. The van der Waals surface area contributed by atoms with Crippen LogP contribution in [0.3, 0.4) is 0 Å². The second kappa shape index (κ2) is 7.45. The molecule has 0 aromatic heterocycles. The summed E-state index contributed by atoms with van der Waals surface area (Å²) in [7, 11) is 0. The van der Waals surface area contributed by atoms with Gasteiger partial charge >= 0.3 is 0 Å². The van der Waals surface area contributed by atoms with Crippen LogP contribution in [0.5, 0.6) is 0 Å². The van der Waals surface area contributed by atoms with E-state index in [9.17, 15) is 0 Å². The molecule has 0 aliphatic carbocycles. The molecule has 1 unspecified atom stereocenters. The molecule has 3 rings (SSSR count). The van der Waals surface area contributed by atoms with E-state index in [1.165, 1.54) is 11.1 Å². The Kier molecular flexibility index (Phi) is 5.59. The van der Waals surface area contributed by atoms with E-state index in [1.807, 2.05) is 13.8 Å². The van der Waals surface area contributed by atoms with Gasteiger partial charge < -0.3 is 4.90 Å². The molecule has 0 amide bonds. The van der Waals surface area contributed by atoms with Crippen LogP contribution in [0.2, 0.25) is 0 Å². The van der Waals surface area contributed by atoms with Crippen molar-refractivity contribution < 1.29 is 0 Å². The van der Waals surface area contributed by atoms with Crippen molar-refractivity contribution in [2.24, 2.45) is 4.99 Å². The molecule has 0 saturated carbocycles. The topological polar surface area (TPSA) is 15.6 Å². The minimum atomic E-state index is -0.0556. The van der Waals surface area contributed by atoms with Crippen molar-refractivity contribution in [3.63, 3.8) is 0 Å². The van der Waals surface area contributed by atoms with Crippen molar-refractivity contribution in [3.8, 4) is 0 Å². The predicted octanol–water partition coefficient (Wildman–Crippen LogP) is 5.14. The molecule has 1 atom stereocenters. The van der Waals surface area contributed by atoms with Crippen LogP contribution in [0.25, 0.3) is 0 Å². The number of aliphatic imine (C=N–C) groups is 1. The van der Waals surface area contributed by atoms with Gasteiger partial charge in [0.05, 0.1) is 11.6 Å². The van der Waals surface area contributed by atoms with Gasteiger partial charge in [-0.2, -0.15) is 0 Å². The maximum atomic E-state index is 4.99. The molecule has 0 fully saturated rings. The summed E-state index contributed by atoms with van der Waals surface area (Å²) >= 11 is 0. The van der Waals surface area contributed by atoms with E-state index in [1.54, 1.807) is 0 Å². The van der Waals surface area contributed by atoms with E-state index in [0.717, 1.165) is 12.4 Å². The highest BCUT2D eigenvalue weighted by molar-refractivity contribution is 6.00. The van der Waals surface area contributed by atoms with E-state index in [4.69, 9.17) is 4.99 Å². The zero-order chi connectivity index (χ0) is 16.9. The third-order valence-corrected chi connectivity index (χ3v) is 4.38. The molecule has 1 aliphatic heterocycles. The molecule has 0 radical (unpaired) electrons. The van der Waals surface area contributed by atoms with Gasteiger partial charge in [-0.1, -0.05) is 74.5 Å². The maximum absolute atomic E-state index is 4.99. The lowest BCUT2D eigenvalue weighted by Crippen LogP contribution is -2.41. The lowest BCUT2D eigenvalue weighted by Gasteiger charge is -2.31. The minimum absolute atomic E-state index is 0.0556. The molecule has 122 valence electrons. The lowest BCUT2D eigenvalue weighted by molar-refractivity contribution is 0.268. The normalized spacial score (nSPS) is 18.9. The molecule has 2 aromatic carbocycles. The second-order valence-electron chi connectivity index (χ2n) is 6.24. The van der Waals surface area contributed by atoms with Crippen molar-refractivity contribution >= 4 is 5.84 Å². The third-order valence-electron chi connectivity index (χ3n) is 4.38. The molecular weight excluding hydrogens is 280 g/mol. The van der Waals surface area contributed by atoms with Crippen molar-refractivity contribution in [2.75, 3.05) is 0 Å². The highest BCUT2D eigenvalue weighted by atomic mass is 15.3. The maximum Gasteiger partial charge on any atom is 0.132 e. The van der Waals surface area contributed by atoms with Crippen LogP contribution in [0.4, 0.5) is 0 Å². The first-order valence-electron chi connectivity index (χ1n) is 8.54. The summed E-state index contributed by atoms with van der Waals surface area (Å²) in [5.41, 5.74) is 2.47. The fraction of sp³-hybridized carbons (Fsp3) is 0.381. The Morgan fingerprint density at radius 3 is 2.00 bits per heavy atom. The smallest absolute Gasteiger partial charge is 0.132 e. The van der Waals surface area contributed by atoms with Crippen LogP contribution in [0, 0.1) is 0 Å². The van der Waals surface area contributed by atoms with Crippen LogP contribution in [-0.4, -0.2) is 22.3 Å². The molecule has 1 heterocycles. The fourth-order valence-electron chi connectivity index (χ4n) is 2.80. The summed E-state index contributed by atoms with van der Waals surface area (Å²) in [5, 5.41) is 0. The van der Waals surface area contributed by atoms with Crippen LogP contribution in [0.1, 0.15) is 45.7 Å². The number of hydrogen-bond donors (Lipinski definition) is 0. The average Bonchev–Trinajstić information content (AvgIpc) is 2.82. The number of benzene rings is 2. The van der Waals surface area contributed by atoms with Crippen molar-refractivity contribution in [2.45, 2.75) is 52.7 Å². The van der Waals surface area contributed by atoms with E-state index in [0.29, 0.717) is 6.04 Å². The summed E-state index contributed by atoms with van der Waals surface area (Å²) in [5.74, 6) is 1.11. The van der Waals surface area contributed by atoms with E-state index >= 15 is 0 Å². The fourth-order valence-corrected chi connectivity index (χ4v) is 2.80. The second-order valence-corrected chi connectivity index (χ2v) is 6.24. The third kappa shape index (κ3) is 3.82. The summed E-state index contributed by atoms with van der Waals surface area (Å²) in [4.78, 5) is 7.41. The average molecular weight is 308 g/mol. The van der Waals surface area contributed by atoms with Crippen LogP contribution in [-0.2, 0) is 6.54 Å². The number of nitrogens with zero attached hydrogens (tertiary/aromatic N) is 2. The quantitative estimate of drug-likeness (QED) is 0.766. The van der Waals surface area contributed by atoms with Gasteiger partial charge in [-0.25, -0.2) is 0 Å². The Hall–Kier alpha value is -2.09. The van der Waals surface area contributed by atoms with Gasteiger partial charge in [0.1, 0.15) is 5.84 Å². The number of hydrogen-bond acceptors (Lipinski definition) is 2. The molecular formula is C21H28N2. The molecule has 2 nitrogen and oxygen atoms in total. The van der Waals surface area contributed by atoms with Crippen molar-refractivity contribution in [3.05, 3.63) is 71.8 Å². The van der Waals surface area contributed by atoms with E-state index < -0.39 is 0 Å². The molecule has 23 heavy (non-hydrogen) atoms. The standard InChI is InChI=1S/C19H22N2.C2H6/c1-15-19(2,3)20-18(17-12-8-5-9-13-17)21(15)14-16-10-6-4-7-11-16;1-2/h4-13,15H,14H2,1-3H3;1-2H3. The molecule has 1 aliphatic rings.